The molecule has 0 aromatic rings. The Morgan fingerprint density at radius 1 is 1.30 bits per heavy atom. The molecule has 1 saturated heterocycles. The van der Waals surface area contributed by atoms with Crippen molar-refractivity contribution in [3.63, 3.8) is 0 Å². The number of hydrogen-bond acceptors (Lipinski definition) is 5. The lowest BCUT2D eigenvalue weighted by atomic mass is 9.73. The Labute approximate surface area is 164 Å². The molecule has 4 rings (SSSR count). The number of aliphatic imine (C=N–C) groups is 1. The average Bonchev–Trinajstić information content (AvgIpc) is 3.03. The molecule has 2 aliphatic heterocycles. The lowest BCUT2D eigenvalue weighted by Gasteiger charge is -2.40. The number of rotatable bonds is 4. The topological polar surface area (TPSA) is 87.0 Å². The summed E-state index contributed by atoms with van der Waals surface area (Å²) in [5.41, 5.74) is 1.12. The maximum absolute atomic E-state index is 13.5. The molecule has 148 valence electrons. The number of carbonyl (C=O) groups excluding carboxylic acids is 1. The van der Waals surface area contributed by atoms with Crippen molar-refractivity contribution in [2.75, 3.05) is 11.6 Å². The molecular weight excluding hydrogens is 384 g/mol. The van der Waals surface area contributed by atoms with Crippen molar-refractivity contribution in [1.29, 1.82) is 0 Å². The van der Waals surface area contributed by atoms with Crippen molar-refractivity contribution in [1.82, 2.24) is 4.90 Å². The van der Waals surface area contributed by atoms with Crippen molar-refractivity contribution in [3.05, 3.63) is 24.4 Å². The van der Waals surface area contributed by atoms with Crippen molar-refractivity contribution in [3.8, 4) is 0 Å². The van der Waals surface area contributed by atoms with Gasteiger partial charge < -0.3 is 4.90 Å². The van der Waals surface area contributed by atoms with Crippen LogP contribution in [0.4, 0.5) is 0 Å². The van der Waals surface area contributed by atoms with Crippen LogP contribution in [0.2, 0.25) is 0 Å². The van der Waals surface area contributed by atoms with Crippen LogP contribution >= 0.6 is 11.8 Å². The Kier molecular flexibility index (Phi) is 5.24. The van der Waals surface area contributed by atoms with E-state index in [1.165, 1.54) is 4.90 Å². The molecule has 1 amide bonds. The van der Waals surface area contributed by atoms with Gasteiger partial charge in [-0.2, -0.15) is 8.42 Å². The molecule has 0 aromatic carbocycles. The van der Waals surface area contributed by atoms with Crippen LogP contribution in [0, 0.1) is 11.8 Å². The summed E-state index contributed by atoms with van der Waals surface area (Å²) in [7, 11) is -4.26. The number of hydrogen-bond donors (Lipinski definition) is 1. The smallest absolute Gasteiger partial charge is 0.283 e. The van der Waals surface area contributed by atoms with Crippen LogP contribution in [-0.4, -0.2) is 51.9 Å². The predicted octanol–water partition coefficient (Wildman–Crippen LogP) is 3.03. The molecule has 8 heteroatoms. The number of amides is 1. The highest BCUT2D eigenvalue weighted by Crippen LogP contribution is 2.54. The zero-order valence-electron chi connectivity index (χ0n) is 15.3. The first-order chi connectivity index (χ1) is 12.9. The van der Waals surface area contributed by atoms with Gasteiger partial charge in [0.15, 0.2) is 0 Å². The Morgan fingerprint density at radius 3 is 2.81 bits per heavy atom. The minimum Gasteiger partial charge on any atom is -0.323 e. The van der Waals surface area contributed by atoms with E-state index >= 15 is 0 Å². The minimum absolute atomic E-state index is 0.0277. The molecule has 1 N–H and O–H groups in total. The van der Waals surface area contributed by atoms with Gasteiger partial charge in [0, 0.05) is 36.0 Å². The molecule has 6 nitrogen and oxygen atoms in total. The second-order valence-corrected chi connectivity index (χ2v) is 10.7. The molecule has 0 aromatic heterocycles. The highest BCUT2D eigenvalue weighted by Gasteiger charge is 2.55. The van der Waals surface area contributed by atoms with Crippen molar-refractivity contribution in [2.45, 2.75) is 55.7 Å². The first kappa shape index (κ1) is 19.2. The fourth-order valence-corrected chi connectivity index (χ4v) is 7.48. The van der Waals surface area contributed by atoms with E-state index in [1.54, 1.807) is 18.0 Å². The molecule has 1 saturated carbocycles. The van der Waals surface area contributed by atoms with E-state index in [-0.39, 0.29) is 28.5 Å². The van der Waals surface area contributed by atoms with Crippen LogP contribution in [0.25, 0.3) is 0 Å². The lowest BCUT2D eigenvalue weighted by molar-refractivity contribution is -0.138. The monoisotopic (exact) mass is 410 g/mol. The Hall–Kier alpha value is -1.12. The normalized spacial score (nSPS) is 33.3. The van der Waals surface area contributed by atoms with Crippen LogP contribution in [0.3, 0.4) is 0 Å². The summed E-state index contributed by atoms with van der Waals surface area (Å²) in [5.74, 6) is -0.307. The summed E-state index contributed by atoms with van der Waals surface area (Å²) in [6.07, 6.45) is 14.5. The largest absolute Gasteiger partial charge is 0.323 e. The van der Waals surface area contributed by atoms with Crippen molar-refractivity contribution in [2.24, 2.45) is 16.8 Å². The van der Waals surface area contributed by atoms with Gasteiger partial charge in [-0.05, 0) is 19.3 Å². The van der Waals surface area contributed by atoms with Crippen molar-refractivity contribution >= 4 is 33.5 Å². The third kappa shape index (κ3) is 3.63. The maximum atomic E-state index is 13.5. The fraction of sp³-hybridized carbons (Fsp3) is 0.684. The second-order valence-electron chi connectivity index (χ2n) is 7.94. The molecule has 2 fully saturated rings. The summed E-state index contributed by atoms with van der Waals surface area (Å²) in [6, 6.07) is -0.0957. The van der Waals surface area contributed by atoms with Gasteiger partial charge in [0.05, 0.1) is 10.7 Å². The van der Waals surface area contributed by atoms with E-state index in [2.05, 4.69) is 17.1 Å². The van der Waals surface area contributed by atoms with Crippen LogP contribution in [0.15, 0.2) is 29.4 Å². The molecule has 0 bridgehead atoms. The highest BCUT2D eigenvalue weighted by atomic mass is 32.2. The van der Waals surface area contributed by atoms with Gasteiger partial charge in [-0.3, -0.25) is 14.3 Å². The van der Waals surface area contributed by atoms with Gasteiger partial charge in [-0.1, -0.05) is 37.5 Å². The maximum Gasteiger partial charge on any atom is 0.283 e. The second kappa shape index (κ2) is 7.37. The Bertz CT molecular complexity index is 799. The summed E-state index contributed by atoms with van der Waals surface area (Å²) < 4.78 is 32.5. The van der Waals surface area contributed by atoms with Crippen LogP contribution in [-0.2, 0) is 14.9 Å². The van der Waals surface area contributed by atoms with Gasteiger partial charge >= 0.3 is 0 Å². The number of carbonyl (C=O) groups is 1. The molecule has 3 atom stereocenters. The Morgan fingerprint density at radius 2 is 2.07 bits per heavy atom. The number of thioether (sulfide) groups is 1. The third-order valence-electron chi connectivity index (χ3n) is 6.32. The van der Waals surface area contributed by atoms with E-state index < -0.39 is 16.0 Å². The summed E-state index contributed by atoms with van der Waals surface area (Å²) >= 11 is 1.78. The van der Waals surface area contributed by atoms with E-state index in [0.29, 0.717) is 5.75 Å². The summed E-state index contributed by atoms with van der Waals surface area (Å²) in [5, 5.41) is 0. The van der Waals surface area contributed by atoms with Gasteiger partial charge in [0.25, 0.3) is 10.1 Å². The van der Waals surface area contributed by atoms with E-state index in [9.17, 15) is 17.8 Å². The highest BCUT2D eigenvalue weighted by molar-refractivity contribution is 8.01. The van der Waals surface area contributed by atoms with E-state index in [4.69, 9.17) is 0 Å². The van der Waals surface area contributed by atoms with Gasteiger partial charge in [-0.15, -0.1) is 11.8 Å². The lowest BCUT2D eigenvalue weighted by Crippen LogP contribution is -2.50. The third-order valence-corrected chi connectivity index (χ3v) is 8.64. The van der Waals surface area contributed by atoms with Gasteiger partial charge in [0.2, 0.25) is 5.91 Å². The SMILES string of the molecule is O=C(C1CSC23CC=CCC2=NC=CC13)N(CS(=O)(=O)O)C1CCCCC1. The zero-order valence-corrected chi connectivity index (χ0v) is 16.9. The van der Waals surface area contributed by atoms with E-state index in [1.807, 2.05) is 6.08 Å². The quantitative estimate of drug-likeness (QED) is 0.569. The molecule has 2 aliphatic carbocycles. The van der Waals surface area contributed by atoms with Crippen LogP contribution in [0.5, 0.6) is 0 Å². The molecule has 27 heavy (non-hydrogen) atoms. The standard InChI is InChI=1S/C19H26N2O4S2/c22-18(21(13-27(23,24)25)14-6-2-1-3-7-14)15-12-26-19-10-5-4-8-17(19)20-11-9-16(15)19/h4-5,9,11,14-16H,1-3,6-8,10,12-13H2,(H,23,24,25). The minimum atomic E-state index is -4.26. The predicted molar refractivity (Wildman–Crippen MR) is 107 cm³/mol. The molecule has 4 aliphatic rings. The van der Waals surface area contributed by atoms with E-state index in [0.717, 1.165) is 50.7 Å². The fourth-order valence-electron chi connectivity index (χ4n) is 5.01. The Balaban J connectivity index is 1.61. The summed E-state index contributed by atoms with van der Waals surface area (Å²) in [4.78, 5) is 19.5. The molecule has 1 spiro atoms. The first-order valence-electron chi connectivity index (χ1n) is 9.69. The van der Waals surface area contributed by atoms with Crippen LogP contribution in [0.1, 0.15) is 44.9 Å². The number of nitrogens with zero attached hydrogens (tertiary/aromatic N) is 2. The van der Waals surface area contributed by atoms with Gasteiger partial charge in [0.1, 0.15) is 5.88 Å². The van der Waals surface area contributed by atoms with Crippen molar-refractivity contribution < 1.29 is 17.8 Å². The molecule has 3 unspecified atom stereocenters. The van der Waals surface area contributed by atoms with Crippen LogP contribution < -0.4 is 0 Å². The molecule has 2 heterocycles. The molecular formula is C19H26N2O4S2. The van der Waals surface area contributed by atoms with Gasteiger partial charge in [-0.25, -0.2) is 0 Å². The average molecular weight is 411 g/mol. The summed E-state index contributed by atoms with van der Waals surface area (Å²) in [6.45, 7) is 0. The zero-order chi connectivity index (χ0) is 19.1. The first-order valence-corrected chi connectivity index (χ1v) is 12.3. The molecule has 0 radical (unpaired) electrons. The number of allylic oxidation sites excluding steroid dienone is 3.